The monoisotopic (exact) mass is 540 g/mol. The number of hydrogen-bond acceptors (Lipinski definition) is 4. The molecule has 6 rings (SSSR count). The number of fused-ring (bicyclic) bond motifs is 1. The molecule has 0 unspecified atom stereocenters. The van der Waals surface area contributed by atoms with Gasteiger partial charge < -0.3 is 10.3 Å². The predicted octanol–water partition coefficient (Wildman–Crippen LogP) is 8.25. The molecule has 1 amide bonds. The van der Waals surface area contributed by atoms with Gasteiger partial charge >= 0.3 is 0 Å². The van der Waals surface area contributed by atoms with Crippen LogP contribution in [0.1, 0.15) is 12.5 Å². The van der Waals surface area contributed by atoms with Crippen LogP contribution in [0.4, 0.5) is 5.69 Å². The van der Waals surface area contributed by atoms with E-state index in [1.54, 1.807) is 0 Å². The Bertz CT molecular complexity index is 1710. The average Bonchev–Trinajstić information content (AvgIpc) is 3.46. The Labute approximate surface area is 237 Å². The van der Waals surface area contributed by atoms with Crippen LogP contribution >= 0.6 is 11.8 Å². The van der Waals surface area contributed by atoms with Crippen molar-refractivity contribution >= 4 is 34.3 Å². The molecule has 5 nitrogen and oxygen atoms in total. The van der Waals surface area contributed by atoms with Gasteiger partial charge in [-0.2, -0.15) is 0 Å². The molecular weight excluding hydrogens is 512 g/mol. The lowest BCUT2D eigenvalue weighted by molar-refractivity contribution is -0.113. The number of anilines is 1. The fourth-order valence-electron chi connectivity index (χ4n) is 4.65. The minimum atomic E-state index is -0.0791. The molecule has 0 aliphatic carbocycles. The van der Waals surface area contributed by atoms with Gasteiger partial charge in [-0.05, 0) is 36.2 Å². The maximum atomic E-state index is 12.9. The van der Waals surface area contributed by atoms with Gasteiger partial charge in [-0.1, -0.05) is 110 Å². The zero-order valence-electron chi connectivity index (χ0n) is 22.1. The number of benzene rings is 4. The summed E-state index contributed by atoms with van der Waals surface area (Å²) in [7, 11) is 0. The largest absolute Gasteiger partial charge is 0.337 e. The third-order valence-corrected chi connectivity index (χ3v) is 7.73. The van der Waals surface area contributed by atoms with E-state index < -0.39 is 0 Å². The van der Waals surface area contributed by atoms with Gasteiger partial charge in [0.2, 0.25) is 5.91 Å². The molecule has 0 atom stereocenters. The van der Waals surface area contributed by atoms with Crippen LogP contribution in [0, 0.1) is 0 Å². The van der Waals surface area contributed by atoms with Crippen molar-refractivity contribution in [3.63, 3.8) is 0 Å². The first-order valence-electron chi connectivity index (χ1n) is 13.3. The molecule has 4 aromatic carbocycles. The van der Waals surface area contributed by atoms with E-state index in [9.17, 15) is 4.79 Å². The molecule has 6 aromatic rings. The summed E-state index contributed by atoms with van der Waals surface area (Å²) in [4.78, 5) is 26.5. The molecule has 2 heterocycles. The lowest BCUT2D eigenvalue weighted by Gasteiger charge is -2.10. The van der Waals surface area contributed by atoms with Crippen molar-refractivity contribution in [2.24, 2.45) is 0 Å². The maximum Gasteiger partial charge on any atom is 0.234 e. The van der Waals surface area contributed by atoms with Crippen molar-refractivity contribution in [3.05, 3.63) is 121 Å². The van der Waals surface area contributed by atoms with Gasteiger partial charge in [-0.3, -0.25) is 4.79 Å². The van der Waals surface area contributed by atoms with E-state index in [1.807, 2.05) is 84.9 Å². The number of H-pyrrole nitrogens is 1. The van der Waals surface area contributed by atoms with Crippen molar-refractivity contribution < 1.29 is 4.79 Å². The summed E-state index contributed by atoms with van der Waals surface area (Å²) >= 11 is 1.42. The lowest BCUT2D eigenvalue weighted by Crippen LogP contribution is -2.14. The number of nitrogens with zero attached hydrogens (tertiary/aromatic N) is 2. The standard InChI is InChI=1S/C34H28N4OS/c1-2-23-17-19-27(20-18-23)35-30(39)22-40-34-28(21-26-15-9-10-16-29(26)36-34)33-37-31(24-11-5-3-6-12-24)32(38-33)25-13-7-4-8-14-25/h3-21H,2,22H2,1H3,(H,35,39)(H,37,38). The van der Waals surface area contributed by atoms with Gasteiger partial charge in [0.25, 0.3) is 0 Å². The van der Waals surface area contributed by atoms with Crippen LogP contribution in [-0.4, -0.2) is 26.6 Å². The molecule has 2 aromatic heterocycles. The summed E-state index contributed by atoms with van der Waals surface area (Å²) in [5, 5.41) is 4.77. The smallest absolute Gasteiger partial charge is 0.234 e. The van der Waals surface area contributed by atoms with Crippen molar-refractivity contribution in [2.75, 3.05) is 11.1 Å². The number of nitrogens with one attached hydrogen (secondary N) is 2. The molecule has 0 radical (unpaired) electrons. The number of imidazole rings is 1. The minimum Gasteiger partial charge on any atom is -0.337 e. The van der Waals surface area contributed by atoms with Gasteiger partial charge in [0.1, 0.15) is 10.9 Å². The second kappa shape index (κ2) is 11.6. The Kier molecular flexibility index (Phi) is 7.42. The van der Waals surface area contributed by atoms with Gasteiger partial charge in [-0.25, -0.2) is 9.97 Å². The summed E-state index contributed by atoms with van der Waals surface area (Å²) in [5.74, 6) is 0.865. The number of amides is 1. The van der Waals surface area contributed by atoms with E-state index in [0.717, 1.165) is 56.1 Å². The van der Waals surface area contributed by atoms with E-state index in [0.29, 0.717) is 5.82 Å². The minimum absolute atomic E-state index is 0.0791. The van der Waals surface area contributed by atoms with Crippen molar-refractivity contribution in [2.45, 2.75) is 18.4 Å². The first-order valence-corrected chi connectivity index (χ1v) is 14.3. The summed E-state index contributed by atoms with van der Waals surface area (Å²) in [6.07, 6.45) is 0.964. The SMILES string of the molecule is CCc1ccc(NC(=O)CSc2nc3ccccc3cc2-c2nc(-c3ccccc3)c(-c3ccccc3)[nH]2)cc1. The number of thioether (sulfide) groups is 1. The quantitative estimate of drug-likeness (QED) is 0.191. The highest BCUT2D eigenvalue weighted by atomic mass is 32.2. The summed E-state index contributed by atoms with van der Waals surface area (Å²) in [6.45, 7) is 2.11. The maximum absolute atomic E-state index is 12.9. The van der Waals surface area contributed by atoms with Crippen LogP contribution in [-0.2, 0) is 11.2 Å². The molecule has 0 spiro atoms. The number of pyridine rings is 1. The summed E-state index contributed by atoms with van der Waals surface area (Å²) in [5.41, 5.74) is 7.67. The number of rotatable bonds is 8. The number of aromatic nitrogens is 3. The Morgan fingerprint density at radius 3 is 2.20 bits per heavy atom. The van der Waals surface area contributed by atoms with E-state index in [1.165, 1.54) is 17.3 Å². The van der Waals surface area contributed by atoms with Crippen molar-refractivity contribution in [3.8, 4) is 33.9 Å². The van der Waals surface area contributed by atoms with Gasteiger partial charge in [0.05, 0.1) is 28.2 Å². The van der Waals surface area contributed by atoms with Gasteiger partial charge in [0.15, 0.2) is 0 Å². The van der Waals surface area contributed by atoms with E-state index in [2.05, 4.69) is 47.6 Å². The van der Waals surface area contributed by atoms with Crippen LogP contribution in [0.15, 0.2) is 120 Å². The Balaban J connectivity index is 1.37. The third-order valence-electron chi connectivity index (χ3n) is 6.74. The second-order valence-electron chi connectivity index (χ2n) is 9.46. The Morgan fingerprint density at radius 1 is 0.800 bits per heavy atom. The van der Waals surface area contributed by atoms with E-state index >= 15 is 0 Å². The molecule has 0 bridgehead atoms. The van der Waals surface area contributed by atoms with Crippen LogP contribution in [0.3, 0.4) is 0 Å². The number of aromatic amines is 1. The number of aryl methyl sites for hydroxylation is 1. The first kappa shape index (κ1) is 25.6. The van der Waals surface area contributed by atoms with Crippen LogP contribution < -0.4 is 5.32 Å². The molecule has 6 heteroatoms. The zero-order chi connectivity index (χ0) is 27.3. The van der Waals surface area contributed by atoms with Crippen LogP contribution in [0.5, 0.6) is 0 Å². The molecule has 2 N–H and O–H groups in total. The van der Waals surface area contributed by atoms with E-state index in [4.69, 9.17) is 9.97 Å². The molecule has 0 aliphatic heterocycles. The number of carbonyl (C=O) groups excluding carboxylic acids is 1. The number of para-hydroxylation sites is 1. The number of hydrogen-bond donors (Lipinski definition) is 2. The van der Waals surface area contributed by atoms with Crippen LogP contribution in [0.25, 0.3) is 44.8 Å². The highest BCUT2D eigenvalue weighted by molar-refractivity contribution is 8.00. The van der Waals surface area contributed by atoms with Crippen molar-refractivity contribution in [1.29, 1.82) is 0 Å². The fraction of sp³-hybridized carbons (Fsp3) is 0.0882. The fourth-order valence-corrected chi connectivity index (χ4v) is 5.47. The Hall–Kier alpha value is -4.68. The zero-order valence-corrected chi connectivity index (χ0v) is 22.9. The molecule has 0 saturated heterocycles. The highest BCUT2D eigenvalue weighted by Crippen LogP contribution is 2.37. The molecule has 196 valence electrons. The van der Waals surface area contributed by atoms with Gasteiger partial charge in [-0.15, -0.1) is 0 Å². The van der Waals surface area contributed by atoms with Gasteiger partial charge in [0, 0.05) is 22.2 Å². The predicted molar refractivity (Wildman–Crippen MR) is 165 cm³/mol. The van der Waals surface area contributed by atoms with Crippen molar-refractivity contribution in [1.82, 2.24) is 15.0 Å². The molecule has 40 heavy (non-hydrogen) atoms. The molecule has 0 saturated carbocycles. The normalized spacial score (nSPS) is 11.0. The van der Waals surface area contributed by atoms with Crippen LogP contribution in [0.2, 0.25) is 0 Å². The first-order chi connectivity index (χ1) is 19.7. The third kappa shape index (κ3) is 5.53. The Morgan fingerprint density at radius 2 is 1.48 bits per heavy atom. The average molecular weight is 541 g/mol. The second-order valence-corrected chi connectivity index (χ2v) is 10.4. The summed E-state index contributed by atoms with van der Waals surface area (Å²) in [6, 6.07) is 38.5. The molecular formula is C34H28N4OS. The molecule has 0 aliphatic rings. The molecule has 0 fully saturated rings. The highest BCUT2D eigenvalue weighted by Gasteiger charge is 2.19. The lowest BCUT2D eigenvalue weighted by atomic mass is 10.1. The number of carbonyl (C=O) groups is 1. The summed E-state index contributed by atoms with van der Waals surface area (Å²) < 4.78 is 0. The topological polar surface area (TPSA) is 70.7 Å². The van der Waals surface area contributed by atoms with E-state index in [-0.39, 0.29) is 11.7 Å².